The molecule has 2 aromatic rings. The van der Waals surface area contributed by atoms with Crippen LogP contribution < -0.4 is 10.6 Å². The number of carbonyl (C=O) groups excluding carboxylic acids is 1. The zero-order valence-corrected chi connectivity index (χ0v) is 14.9. The Morgan fingerprint density at radius 3 is 2.80 bits per heavy atom. The monoisotopic (exact) mass is 345 g/mol. The van der Waals surface area contributed by atoms with Gasteiger partial charge in [0.05, 0.1) is 5.60 Å². The maximum absolute atomic E-state index is 12.1. The molecule has 1 aliphatic rings. The van der Waals surface area contributed by atoms with E-state index in [1.165, 1.54) is 0 Å². The smallest absolute Gasteiger partial charge is 0.319 e. The van der Waals surface area contributed by atoms with Gasteiger partial charge >= 0.3 is 6.03 Å². The Hall–Kier alpha value is -2.05. The maximum Gasteiger partial charge on any atom is 0.319 e. The quantitative estimate of drug-likeness (QED) is 0.780. The number of nitrogens with one attached hydrogen (secondary N) is 2. The summed E-state index contributed by atoms with van der Waals surface area (Å²) in [5.41, 5.74) is 1.04. The van der Waals surface area contributed by atoms with E-state index in [9.17, 15) is 9.90 Å². The normalized spacial score (nSPS) is 17.0. The molecule has 1 saturated heterocycles. The summed E-state index contributed by atoms with van der Waals surface area (Å²) in [7, 11) is 0. The zero-order valence-electron chi connectivity index (χ0n) is 14.9. The first-order valence-corrected chi connectivity index (χ1v) is 8.89. The molecular weight excluding hydrogens is 318 g/mol. The van der Waals surface area contributed by atoms with Crippen LogP contribution in [0.3, 0.4) is 0 Å². The second-order valence-corrected chi connectivity index (χ2v) is 7.28. The van der Waals surface area contributed by atoms with Crippen molar-refractivity contribution in [1.29, 1.82) is 0 Å². The Balaban J connectivity index is 1.59. The number of anilines is 1. The highest BCUT2D eigenvalue weighted by Crippen LogP contribution is 2.22. The summed E-state index contributed by atoms with van der Waals surface area (Å²) >= 11 is 0. The van der Waals surface area contributed by atoms with E-state index in [4.69, 9.17) is 4.74 Å². The van der Waals surface area contributed by atoms with Crippen LogP contribution in [-0.2, 0) is 11.3 Å². The van der Waals surface area contributed by atoms with Gasteiger partial charge in [-0.05, 0) is 30.2 Å². The number of amides is 2. The number of carbonyl (C=O) groups is 1. The molecule has 6 heteroatoms. The lowest BCUT2D eigenvalue weighted by molar-refractivity contribution is -0.0598. The van der Waals surface area contributed by atoms with E-state index in [0.29, 0.717) is 32.0 Å². The van der Waals surface area contributed by atoms with Crippen molar-refractivity contribution in [1.82, 2.24) is 9.88 Å². The lowest BCUT2D eigenvalue weighted by Gasteiger charge is -2.32. The van der Waals surface area contributed by atoms with Gasteiger partial charge in [0.15, 0.2) is 0 Å². The van der Waals surface area contributed by atoms with Crippen LogP contribution in [0.5, 0.6) is 0 Å². The van der Waals surface area contributed by atoms with Crippen molar-refractivity contribution in [2.45, 2.75) is 38.8 Å². The number of nitrogens with zero attached hydrogens (tertiary/aromatic N) is 1. The topological polar surface area (TPSA) is 75.5 Å². The van der Waals surface area contributed by atoms with E-state index in [2.05, 4.69) is 41.3 Å². The van der Waals surface area contributed by atoms with Crippen LogP contribution in [-0.4, -0.2) is 41.1 Å². The molecule has 2 amide bonds. The summed E-state index contributed by atoms with van der Waals surface area (Å²) in [4.78, 5) is 12.1. The molecule has 2 heterocycles. The van der Waals surface area contributed by atoms with Gasteiger partial charge in [-0.1, -0.05) is 13.8 Å². The first-order chi connectivity index (χ1) is 12.0. The molecule has 0 unspecified atom stereocenters. The molecule has 1 aromatic carbocycles. The number of aromatic nitrogens is 1. The van der Waals surface area contributed by atoms with E-state index >= 15 is 0 Å². The van der Waals surface area contributed by atoms with Crippen LogP contribution in [0.15, 0.2) is 30.5 Å². The van der Waals surface area contributed by atoms with Gasteiger partial charge in [0.25, 0.3) is 0 Å². The summed E-state index contributed by atoms with van der Waals surface area (Å²) in [5, 5.41) is 17.1. The van der Waals surface area contributed by atoms with Crippen molar-refractivity contribution in [2.75, 3.05) is 25.1 Å². The third kappa shape index (κ3) is 4.52. The van der Waals surface area contributed by atoms with Gasteiger partial charge in [0, 0.05) is 61.9 Å². The average molecular weight is 345 g/mol. The molecule has 0 aliphatic carbocycles. The number of urea groups is 1. The third-order valence-electron chi connectivity index (χ3n) is 4.59. The molecule has 0 saturated carbocycles. The molecule has 1 aromatic heterocycles. The van der Waals surface area contributed by atoms with Gasteiger partial charge in [-0.15, -0.1) is 0 Å². The van der Waals surface area contributed by atoms with Crippen LogP contribution in [0.1, 0.15) is 26.7 Å². The predicted octanol–water partition coefficient (Wildman–Crippen LogP) is 2.96. The summed E-state index contributed by atoms with van der Waals surface area (Å²) in [6, 6.07) is 7.66. The van der Waals surface area contributed by atoms with E-state index < -0.39 is 5.60 Å². The molecule has 0 bridgehead atoms. The fourth-order valence-corrected chi connectivity index (χ4v) is 3.18. The van der Waals surface area contributed by atoms with E-state index in [0.717, 1.165) is 23.1 Å². The molecule has 25 heavy (non-hydrogen) atoms. The van der Waals surface area contributed by atoms with Crippen molar-refractivity contribution < 1.29 is 14.6 Å². The van der Waals surface area contributed by atoms with Crippen LogP contribution in [0, 0.1) is 5.92 Å². The summed E-state index contributed by atoms with van der Waals surface area (Å²) in [6.45, 7) is 6.65. The predicted molar refractivity (Wildman–Crippen MR) is 98.8 cm³/mol. The number of aliphatic hydroxyl groups is 1. The number of ether oxygens (including phenoxy) is 1. The van der Waals surface area contributed by atoms with Crippen LogP contribution >= 0.6 is 0 Å². The Morgan fingerprint density at radius 2 is 2.08 bits per heavy atom. The van der Waals surface area contributed by atoms with Gasteiger partial charge < -0.3 is 25.0 Å². The van der Waals surface area contributed by atoms with Crippen LogP contribution in [0.2, 0.25) is 0 Å². The highest BCUT2D eigenvalue weighted by Gasteiger charge is 2.30. The van der Waals surface area contributed by atoms with E-state index in [-0.39, 0.29) is 12.6 Å². The number of hydrogen-bond acceptors (Lipinski definition) is 3. The largest absolute Gasteiger partial charge is 0.388 e. The maximum atomic E-state index is 12.1. The molecule has 1 aliphatic heterocycles. The minimum Gasteiger partial charge on any atom is -0.388 e. The fraction of sp³-hybridized carbons (Fsp3) is 0.526. The minimum absolute atomic E-state index is 0.231. The first kappa shape index (κ1) is 17.8. The van der Waals surface area contributed by atoms with Crippen molar-refractivity contribution in [3.8, 4) is 0 Å². The summed E-state index contributed by atoms with van der Waals surface area (Å²) < 4.78 is 7.47. The van der Waals surface area contributed by atoms with Crippen LogP contribution in [0.4, 0.5) is 10.5 Å². The zero-order chi connectivity index (χ0) is 17.9. The minimum atomic E-state index is -0.867. The lowest BCUT2D eigenvalue weighted by atomic mass is 9.94. The third-order valence-corrected chi connectivity index (χ3v) is 4.59. The number of fused-ring (bicyclic) bond motifs is 1. The number of rotatable bonds is 5. The van der Waals surface area contributed by atoms with Gasteiger partial charge in [-0.2, -0.15) is 0 Å². The van der Waals surface area contributed by atoms with Gasteiger partial charge in [0.2, 0.25) is 0 Å². The summed E-state index contributed by atoms with van der Waals surface area (Å²) in [6.07, 6.45) is 3.17. The van der Waals surface area contributed by atoms with Crippen LogP contribution in [0.25, 0.3) is 10.9 Å². The van der Waals surface area contributed by atoms with Crippen molar-refractivity contribution in [3.63, 3.8) is 0 Å². The molecule has 3 N–H and O–H groups in total. The van der Waals surface area contributed by atoms with E-state index in [1.807, 2.05) is 18.2 Å². The molecular formula is C19H27N3O3. The second kappa shape index (κ2) is 7.45. The number of hydrogen-bond donors (Lipinski definition) is 3. The SMILES string of the molecule is CC(C)Cn1ccc2cc(NC(=O)NCC3(O)CCOCC3)ccc21. The fourth-order valence-electron chi connectivity index (χ4n) is 3.18. The highest BCUT2D eigenvalue weighted by molar-refractivity contribution is 5.93. The Labute approximate surface area is 148 Å². The first-order valence-electron chi connectivity index (χ1n) is 8.89. The summed E-state index contributed by atoms with van der Waals surface area (Å²) in [5.74, 6) is 0.579. The number of benzene rings is 1. The van der Waals surface area contributed by atoms with Crippen molar-refractivity contribution in [3.05, 3.63) is 30.5 Å². The molecule has 136 valence electrons. The standard InChI is InChI=1S/C19H27N3O3/c1-14(2)12-22-8-5-15-11-16(3-4-17(15)22)21-18(23)20-13-19(24)6-9-25-10-7-19/h3-5,8,11,14,24H,6-7,9-10,12-13H2,1-2H3,(H2,20,21,23). The van der Waals surface area contributed by atoms with Gasteiger partial charge in [-0.25, -0.2) is 4.79 Å². The molecule has 0 atom stereocenters. The Bertz CT molecular complexity index is 733. The second-order valence-electron chi connectivity index (χ2n) is 7.28. The van der Waals surface area contributed by atoms with E-state index in [1.54, 1.807) is 0 Å². The lowest BCUT2D eigenvalue weighted by Crippen LogP contribution is -2.47. The van der Waals surface area contributed by atoms with Gasteiger partial charge in [0.1, 0.15) is 0 Å². The average Bonchev–Trinajstić information content (AvgIpc) is 2.95. The molecule has 0 spiro atoms. The highest BCUT2D eigenvalue weighted by atomic mass is 16.5. The Kier molecular flexibility index (Phi) is 5.30. The van der Waals surface area contributed by atoms with Gasteiger partial charge in [-0.3, -0.25) is 0 Å². The molecule has 0 radical (unpaired) electrons. The van der Waals surface area contributed by atoms with Crippen molar-refractivity contribution >= 4 is 22.6 Å². The molecule has 3 rings (SSSR count). The Morgan fingerprint density at radius 1 is 1.32 bits per heavy atom. The molecule has 1 fully saturated rings. The van der Waals surface area contributed by atoms with Crippen molar-refractivity contribution in [2.24, 2.45) is 5.92 Å². The molecule has 6 nitrogen and oxygen atoms in total.